The van der Waals surface area contributed by atoms with Crippen LogP contribution in [-0.4, -0.2) is 39.2 Å². The number of aryl methyl sites for hydroxylation is 2. The zero-order valence-corrected chi connectivity index (χ0v) is 17.0. The Morgan fingerprint density at radius 3 is 2.96 bits per heavy atom. The number of amides is 1. The van der Waals surface area contributed by atoms with Crippen molar-refractivity contribution in [3.63, 3.8) is 0 Å². The summed E-state index contributed by atoms with van der Waals surface area (Å²) in [6, 6.07) is 1.99. The van der Waals surface area contributed by atoms with Gasteiger partial charge in [-0.15, -0.1) is 0 Å². The first-order valence-electron chi connectivity index (χ1n) is 9.65. The van der Waals surface area contributed by atoms with Gasteiger partial charge in [-0.25, -0.2) is 0 Å². The molecule has 1 unspecified atom stereocenters. The number of carbonyl (C=O) groups is 1. The number of piperidine rings is 1. The van der Waals surface area contributed by atoms with Gasteiger partial charge in [0.05, 0.1) is 5.69 Å². The van der Waals surface area contributed by atoms with Crippen molar-refractivity contribution in [2.75, 3.05) is 13.1 Å². The van der Waals surface area contributed by atoms with E-state index in [2.05, 4.69) is 15.3 Å². The minimum atomic E-state index is 0.189. The van der Waals surface area contributed by atoms with E-state index in [1.54, 1.807) is 11.3 Å². The van der Waals surface area contributed by atoms with Gasteiger partial charge in [-0.05, 0) is 50.5 Å². The lowest BCUT2D eigenvalue weighted by Gasteiger charge is -2.32. The summed E-state index contributed by atoms with van der Waals surface area (Å²) in [6.07, 6.45) is 3.95. The molecule has 4 heterocycles. The predicted molar refractivity (Wildman–Crippen MR) is 105 cm³/mol. The van der Waals surface area contributed by atoms with Crippen LogP contribution in [0.25, 0.3) is 11.4 Å². The van der Waals surface area contributed by atoms with E-state index < -0.39 is 0 Å². The van der Waals surface area contributed by atoms with Gasteiger partial charge in [-0.1, -0.05) is 10.3 Å². The van der Waals surface area contributed by atoms with Crippen LogP contribution in [0.3, 0.4) is 0 Å². The van der Waals surface area contributed by atoms with Crippen LogP contribution in [0.1, 0.15) is 42.2 Å². The fourth-order valence-electron chi connectivity index (χ4n) is 3.80. The molecule has 3 aromatic heterocycles. The number of likely N-dealkylation sites (tertiary alicyclic amines) is 1. The molecule has 1 aliphatic rings. The van der Waals surface area contributed by atoms with Gasteiger partial charge in [0.25, 0.3) is 0 Å². The molecular formula is C20H24N4O3S. The van der Waals surface area contributed by atoms with Crippen LogP contribution in [0.5, 0.6) is 0 Å². The van der Waals surface area contributed by atoms with E-state index in [1.165, 1.54) is 0 Å². The first kappa shape index (κ1) is 18.9. The number of thiophene rings is 1. The van der Waals surface area contributed by atoms with Crippen LogP contribution in [-0.2, 0) is 17.6 Å². The van der Waals surface area contributed by atoms with Crippen molar-refractivity contribution in [3.05, 3.63) is 39.7 Å². The van der Waals surface area contributed by atoms with Crippen molar-refractivity contribution in [2.24, 2.45) is 5.92 Å². The Hall–Kier alpha value is -2.48. The molecule has 0 N–H and O–H groups in total. The van der Waals surface area contributed by atoms with Gasteiger partial charge in [0.1, 0.15) is 5.76 Å². The summed E-state index contributed by atoms with van der Waals surface area (Å²) in [5, 5.41) is 12.0. The maximum Gasteiger partial charge on any atom is 0.227 e. The van der Waals surface area contributed by atoms with Gasteiger partial charge in [0.2, 0.25) is 17.6 Å². The maximum atomic E-state index is 12.7. The minimum absolute atomic E-state index is 0.189. The number of hydrogen-bond acceptors (Lipinski definition) is 7. The Balaban J connectivity index is 1.32. The fraction of sp³-hybridized carbons (Fsp3) is 0.500. The van der Waals surface area contributed by atoms with Gasteiger partial charge >= 0.3 is 0 Å². The standard InChI is InChI=1S/C20H24N4O3S/c1-13-17(14(2)26-22-13)5-6-19(25)24-8-3-4-15(11-24)10-18-21-20(23-27-18)16-7-9-28-12-16/h7,9,12,15H,3-6,8,10-11H2,1-2H3. The van der Waals surface area contributed by atoms with Crippen molar-refractivity contribution in [1.82, 2.24) is 20.2 Å². The molecule has 0 saturated carbocycles. The lowest BCUT2D eigenvalue weighted by molar-refractivity contribution is -0.133. The second-order valence-corrected chi connectivity index (χ2v) is 8.16. The van der Waals surface area contributed by atoms with Crippen LogP contribution < -0.4 is 0 Å². The summed E-state index contributed by atoms with van der Waals surface area (Å²) in [5.74, 6) is 2.64. The van der Waals surface area contributed by atoms with Gasteiger partial charge in [-0.3, -0.25) is 4.79 Å². The van der Waals surface area contributed by atoms with Crippen LogP contribution in [0.2, 0.25) is 0 Å². The average molecular weight is 401 g/mol. The van der Waals surface area contributed by atoms with Crippen molar-refractivity contribution < 1.29 is 13.8 Å². The Labute approximate surface area is 167 Å². The molecule has 1 aliphatic heterocycles. The van der Waals surface area contributed by atoms with E-state index in [4.69, 9.17) is 9.05 Å². The van der Waals surface area contributed by atoms with Crippen molar-refractivity contribution >= 4 is 17.2 Å². The molecule has 0 aromatic carbocycles. The van der Waals surface area contributed by atoms with Crippen LogP contribution in [0.15, 0.2) is 25.9 Å². The maximum absolute atomic E-state index is 12.7. The molecule has 3 aromatic rings. The average Bonchev–Trinajstić information content (AvgIpc) is 3.43. The second kappa shape index (κ2) is 8.26. The first-order valence-corrected chi connectivity index (χ1v) is 10.6. The quantitative estimate of drug-likeness (QED) is 0.625. The summed E-state index contributed by atoms with van der Waals surface area (Å²) < 4.78 is 10.6. The van der Waals surface area contributed by atoms with Gasteiger partial charge in [0.15, 0.2) is 0 Å². The monoisotopic (exact) mass is 400 g/mol. The number of nitrogens with zero attached hydrogens (tertiary/aromatic N) is 4. The number of carbonyl (C=O) groups excluding carboxylic acids is 1. The molecule has 0 aliphatic carbocycles. The molecule has 0 bridgehead atoms. The highest BCUT2D eigenvalue weighted by molar-refractivity contribution is 7.08. The number of aromatic nitrogens is 3. The molecule has 1 saturated heterocycles. The Kier molecular flexibility index (Phi) is 5.57. The number of hydrogen-bond donors (Lipinski definition) is 0. The lowest BCUT2D eigenvalue weighted by atomic mass is 9.94. The molecule has 1 amide bonds. The summed E-state index contributed by atoms with van der Waals surface area (Å²) in [5.41, 5.74) is 2.91. The molecule has 0 spiro atoms. The van der Waals surface area contributed by atoms with Crippen molar-refractivity contribution in [3.8, 4) is 11.4 Å². The third kappa shape index (κ3) is 4.16. The predicted octanol–water partition coefficient (Wildman–Crippen LogP) is 3.82. The normalized spacial score (nSPS) is 17.2. The van der Waals surface area contributed by atoms with E-state index in [0.29, 0.717) is 36.9 Å². The highest BCUT2D eigenvalue weighted by Gasteiger charge is 2.26. The largest absolute Gasteiger partial charge is 0.361 e. The molecule has 0 radical (unpaired) electrons. The van der Waals surface area contributed by atoms with E-state index in [0.717, 1.165) is 48.5 Å². The van der Waals surface area contributed by atoms with E-state index in [9.17, 15) is 4.79 Å². The molecule has 1 fully saturated rings. The highest BCUT2D eigenvalue weighted by Crippen LogP contribution is 2.24. The Morgan fingerprint density at radius 1 is 1.32 bits per heavy atom. The summed E-state index contributed by atoms with van der Waals surface area (Å²) in [6.45, 7) is 5.38. The molecule has 1 atom stereocenters. The van der Waals surface area contributed by atoms with Crippen molar-refractivity contribution in [2.45, 2.75) is 46.0 Å². The molecule has 7 nitrogen and oxygen atoms in total. The molecule has 28 heavy (non-hydrogen) atoms. The van der Waals surface area contributed by atoms with Gasteiger partial charge < -0.3 is 13.9 Å². The molecular weight excluding hydrogens is 376 g/mol. The van der Waals surface area contributed by atoms with E-state index in [1.807, 2.05) is 35.6 Å². The second-order valence-electron chi connectivity index (χ2n) is 7.38. The topological polar surface area (TPSA) is 85.3 Å². The summed E-state index contributed by atoms with van der Waals surface area (Å²) >= 11 is 1.61. The smallest absolute Gasteiger partial charge is 0.227 e. The van der Waals surface area contributed by atoms with Gasteiger partial charge in [-0.2, -0.15) is 16.3 Å². The zero-order chi connectivity index (χ0) is 19.5. The Bertz CT molecular complexity index is 912. The van der Waals surface area contributed by atoms with Crippen LogP contribution >= 0.6 is 11.3 Å². The molecule has 148 valence electrons. The van der Waals surface area contributed by atoms with E-state index in [-0.39, 0.29) is 5.91 Å². The third-order valence-corrected chi connectivity index (χ3v) is 6.04. The fourth-order valence-corrected chi connectivity index (χ4v) is 4.44. The van der Waals surface area contributed by atoms with E-state index >= 15 is 0 Å². The van der Waals surface area contributed by atoms with Crippen molar-refractivity contribution in [1.29, 1.82) is 0 Å². The molecule has 8 heteroatoms. The Morgan fingerprint density at radius 2 is 2.21 bits per heavy atom. The summed E-state index contributed by atoms with van der Waals surface area (Å²) in [7, 11) is 0. The zero-order valence-electron chi connectivity index (χ0n) is 16.2. The minimum Gasteiger partial charge on any atom is -0.361 e. The third-order valence-electron chi connectivity index (χ3n) is 5.35. The summed E-state index contributed by atoms with van der Waals surface area (Å²) in [4.78, 5) is 19.2. The first-order chi connectivity index (χ1) is 13.6. The SMILES string of the molecule is Cc1noc(C)c1CCC(=O)N1CCCC(Cc2nc(-c3ccsc3)no2)C1. The lowest BCUT2D eigenvalue weighted by Crippen LogP contribution is -2.40. The van der Waals surface area contributed by atoms with Crippen LogP contribution in [0.4, 0.5) is 0 Å². The van der Waals surface area contributed by atoms with Gasteiger partial charge in [0, 0.05) is 42.4 Å². The highest BCUT2D eigenvalue weighted by atomic mass is 32.1. The molecule has 4 rings (SSSR count). The number of rotatable bonds is 6. The van der Waals surface area contributed by atoms with Crippen LogP contribution in [0, 0.1) is 19.8 Å².